The maximum absolute atomic E-state index is 12.0. The molecule has 2 aromatic carbocycles. The van der Waals surface area contributed by atoms with Crippen molar-refractivity contribution in [3.05, 3.63) is 54.6 Å². The fourth-order valence-electron chi connectivity index (χ4n) is 2.91. The predicted octanol–water partition coefficient (Wildman–Crippen LogP) is 3.42. The molecule has 0 spiro atoms. The van der Waals surface area contributed by atoms with Crippen molar-refractivity contribution >= 4 is 5.91 Å². The lowest BCUT2D eigenvalue weighted by Crippen LogP contribution is -2.42. The van der Waals surface area contributed by atoms with E-state index in [2.05, 4.69) is 17.4 Å². The van der Waals surface area contributed by atoms with E-state index in [1.807, 2.05) is 49.4 Å². The number of nitrogens with one attached hydrogen (secondary N) is 1. The molecule has 0 aliphatic carbocycles. The van der Waals surface area contributed by atoms with Gasteiger partial charge in [0, 0.05) is 6.61 Å². The van der Waals surface area contributed by atoms with Gasteiger partial charge in [-0.15, -0.1) is 0 Å². The van der Waals surface area contributed by atoms with Crippen LogP contribution in [0.4, 0.5) is 0 Å². The predicted molar refractivity (Wildman–Crippen MR) is 94.0 cm³/mol. The molecule has 1 fully saturated rings. The zero-order valence-corrected chi connectivity index (χ0v) is 13.9. The number of benzene rings is 2. The van der Waals surface area contributed by atoms with Crippen LogP contribution in [-0.4, -0.2) is 31.3 Å². The number of hydrogen-bond acceptors (Lipinski definition) is 3. The number of carbonyl (C=O) groups excluding carboxylic acids is 1. The molecular weight excluding hydrogens is 302 g/mol. The first-order valence-corrected chi connectivity index (χ1v) is 8.41. The average Bonchev–Trinajstić information content (AvgIpc) is 3.16. The molecule has 0 saturated carbocycles. The summed E-state index contributed by atoms with van der Waals surface area (Å²) in [5.74, 6) is 0.569. The molecular formula is C20H23NO3. The van der Waals surface area contributed by atoms with Crippen molar-refractivity contribution in [1.29, 1.82) is 0 Å². The van der Waals surface area contributed by atoms with Crippen LogP contribution in [0, 0.1) is 0 Å². The highest BCUT2D eigenvalue weighted by atomic mass is 16.5. The standard InChI is InChI=1S/C20H23NO3/c1-15(19-8-5-13-23-19)21-20(22)14-24-18-11-9-17(10-12-18)16-6-3-2-4-7-16/h2-4,6-7,9-12,15,19H,5,8,13-14H2,1H3,(H,21,22)/t15-,19+/m1/s1. The lowest BCUT2D eigenvalue weighted by molar-refractivity contribution is -0.124. The third-order valence-corrected chi connectivity index (χ3v) is 4.24. The van der Waals surface area contributed by atoms with E-state index in [1.165, 1.54) is 0 Å². The van der Waals surface area contributed by atoms with E-state index in [0.29, 0.717) is 5.75 Å². The summed E-state index contributed by atoms with van der Waals surface area (Å²) in [6, 6.07) is 17.9. The molecule has 0 radical (unpaired) electrons. The number of rotatable bonds is 6. The zero-order valence-electron chi connectivity index (χ0n) is 13.9. The van der Waals surface area contributed by atoms with E-state index < -0.39 is 0 Å². The quantitative estimate of drug-likeness (QED) is 0.885. The Hall–Kier alpha value is -2.33. The van der Waals surface area contributed by atoms with Crippen molar-refractivity contribution in [3.8, 4) is 16.9 Å². The maximum atomic E-state index is 12.0. The molecule has 1 amide bonds. The largest absolute Gasteiger partial charge is 0.484 e. The lowest BCUT2D eigenvalue weighted by atomic mass is 10.1. The van der Waals surface area contributed by atoms with Crippen LogP contribution in [0.3, 0.4) is 0 Å². The van der Waals surface area contributed by atoms with Crippen molar-refractivity contribution < 1.29 is 14.3 Å². The van der Waals surface area contributed by atoms with Crippen molar-refractivity contribution in [3.63, 3.8) is 0 Å². The molecule has 2 atom stereocenters. The minimum Gasteiger partial charge on any atom is -0.484 e. The molecule has 1 aliphatic rings. The van der Waals surface area contributed by atoms with Crippen molar-refractivity contribution in [2.45, 2.75) is 31.9 Å². The summed E-state index contributed by atoms with van der Waals surface area (Å²) in [6.07, 6.45) is 2.19. The van der Waals surface area contributed by atoms with Gasteiger partial charge in [-0.05, 0) is 43.0 Å². The summed E-state index contributed by atoms with van der Waals surface area (Å²) in [5.41, 5.74) is 2.28. The van der Waals surface area contributed by atoms with Crippen molar-refractivity contribution in [1.82, 2.24) is 5.32 Å². The SMILES string of the molecule is C[C@@H](NC(=O)COc1ccc(-c2ccccc2)cc1)[C@@H]1CCCO1. The minimum absolute atomic E-state index is 0.0156. The van der Waals surface area contributed by atoms with Gasteiger partial charge in [-0.2, -0.15) is 0 Å². The van der Waals surface area contributed by atoms with Crippen LogP contribution in [0.25, 0.3) is 11.1 Å². The third-order valence-electron chi connectivity index (χ3n) is 4.24. The van der Waals surface area contributed by atoms with E-state index in [1.54, 1.807) is 0 Å². The lowest BCUT2D eigenvalue weighted by Gasteiger charge is -2.20. The molecule has 0 unspecified atom stereocenters. The first-order chi connectivity index (χ1) is 11.7. The molecule has 4 nitrogen and oxygen atoms in total. The van der Waals surface area contributed by atoms with E-state index in [0.717, 1.165) is 30.6 Å². The van der Waals surface area contributed by atoms with Gasteiger partial charge in [-0.1, -0.05) is 42.5 Å². The average molecular weight is 325 g/mol. The summed E-state index contributed by atoms with van der Waals surface area (Å²) in [4.78, 5) is 12.0. The Morgan fingerprint density at radius 2 is 1.88 bits per heavy atom. The van der Waals surface area contributed by atoms with Gasteiger partial charge in [0.1, 0.15) is 5.75 Å². The van der Waals surface area contributed by atoms with Crippen LogP contribution in [0.5, 0.6) is 5.75 Å². The summed E-state index contributed by atoms with van der Waals surface area (Å²) in [7, 11) is 0. The fraction of sp³-hybridized carbons (Fsp3) is 0.350. The van der Waals surface area contributed by atoms with Gasteiger partial charge in [0.05, 0.1) is 12.1 Å². The number of carbonyl (C=O) groups is 1. The van der Waals surface area contributed by atoms with Gasteiger partial charge >= 0.3 is 0 Å². The molecule has 2 aromatic rings. The number of ether oxygens (including phenoxy) is 2. The Morgan fingerprint density at radius 1 is 1.17 bits per heavy atom. The molecule has 1 aliphatic heterocycles. The molecule has 3 rings (SSSR count). The first kappa shape index (κ1) is 16.5. The molecule has 126 valence electrons. The number of amides is 1. The van der Waals surface area contributed by atoms with Gasteiger partial charge in [-0.25, -0.2) is 0 Å². The maximum Gasteiger partial charge on any atom is 0.258 e. The first-order valence-electron chi connectivity index (χ1n) is 8.41. The van der Waals surface area contributed by atoms with Gasteiger partial charge in [0.15, 0.2) is 6.61 Å². The Kier molecular flexibility index (Phi) is 5.49. The summed E-state index contributed by atoms with van der Waals surface area (Å²) < 4.78 is 11.1. The second-order valence-corrected chi connectivity index (χ2v) is 6.09. The van der Waals surface area contributed by atoms with E-state index in [4.69, 9.17) is 9.47 Å². The molecule has 0 aromatic heterocycles. The van der Waals surface area contributed by atoms with E-state index >= 15 is 0 Å². The van der Waals surface area contributed by atoms with Gasteiger partial charge < -0.3 is 14.8 Å². The second kappa shape index (κ2) is 7.97. The van der Waals surface area contributed by atoms with Gasteiger partial charge in [0.2, 0.25) is 0 Å². The molecule has 1 heterocycles. The van der Waals surface area contributed by atoms with Crippen LogP contribution in [0.1, 0.15) is 19.8 Å². The highest BCUT2D eigenvalue weighted by Crippen LogP contribution is 2.22. The van der Waals surface area contributed by atoms with Crippen LogP contribution in [0.15, 0.2) is 54.6 Å². The van der Waals surface area contributed by atoms with Crippen molar-refractivity contribution in [2.24, 2.45) is 0 Å². The van der Waals surface area contributed by atoms with Crippen LogP contribution in [-0.2, 0) is 9.53 Å². The highest BCUT2D eigenvalue weighted by Gasteiger charge is 2.23. The summed E-state index contributed by atoms with van der Waals surface area (Å²) in [6.45, 7) is 2.78. The number of hydrogen-bond donors (Lipinski definition) is 1. The normalized spacial score (nSPS) is 18.1. The Bertz CT molecular complexity index is 648. The second-order valence-electron chi connectivity index (χ2n) is 6.09. The van der Waals surface area contributed by atoms with Crippen LogP contribution >= 0.6 is 0 Å². The zero-order chi connectivity index (χ0) is 16.8. The Balaban J connectivity index is 1.48. The van der Waals surface area contributed by atoms with Crippen molar-refractivity contribution in [2.75, 3.05) is 13.2 Å². The topological polar surface area (TPSA) is 47.6 Å². The molecule has 4 heteroatoms. The minimum atomic E-state index is -0.120. The summed E-state index contributed by atoms with van der Waals surface area (Å²) >= 11 is 0. The van der Waals surface area contributed by atoms with E-state index in [-0.39, 0.29) is 24.7 Å². The van der Waals surface area contributed by atoms with Gasteiger partial charge in [-0.3, -0.25) is 4.79 Å². The highest BCUT2D eigenvalue weighted by molar-refractivity contribution is 5.78. The monoisotopic (exact) mass is 325 g/mol. The fourth-order valence-corrected chi connectivity index (χ4v) is 2.91. The molecule has 0 bridgehead atoms. The molecule has 1 N–H and O–H groups in total. The summed E-state index contributed by atoms with van der Waals surface area (Å²) in [5, 5.41) is 2.94. The molecule has 1 saturated heterocycles. The van der Waals surface area contributed by atoms with Crippen LogP contribution in [0.2, 0.25) is 0 Å². The smallest absolute Gasteiger partial charge is 0.258 e. The third kappa shape index (κ3) is 4.36. The Morgan fingerprint density at radius 3 is 2.54 bits per heavy atom. The van der Waals surface area contributed by atoms with Gasteiger partial charge in [0.25, 0.3) is 5.91 Å². The van der Waals surface area contributed by atoms with Crippen LogP contribution < -0.4 is 10.1 Å². The van der Waals surface area contributed by atoms with E-state index in [9.17, 15) is 4.79 Å². The molecule has 24 heavy (non-hydrogen) atoms. The Labute approximate surface area is 142 Å².